The molecule has 1 saturated heterocycles. The molecule has 1 aliphatic heterocycles. The Morgan fingerprint density at radius 2 is 1.93 bits per heavy atom. The van der Waals surface area contributed by atoms with Gasteiger partial charge in [-0.25, -0.2) is 9.18 Å². The van der Waals surface area contributed by atoms with Gasteiger partial charge >= 0.3 is 6.09 Å². The van der Waals surface area contributed by atoms with Crippen LogP contribution >= 0.6 is 11.6 Å². The van der Waals surface area contributed by atoms with Gasteiger partial charge in [-0.05, 0) is 64.3 Å². The molecule has 1 aliphatic rings. The first-order chi connectivity index (χ1) is 13.5. The topological polar surface area (TPSA) is 49.9 Å². The molecular weight excluding hydrogens is 395 g/mol. The van der Waals surface area contributed by atoms with Crippen molar-refractivity contribution >= 4 is 29.3 Å². The zero-order chi connectivity index (χ0) is 21.8. The van der Waals surface area contributed by atoms with Crippen LogP contribution in [-0.2, 0) is 9.53 Å². The van der Waals surface area contributed by atoms with Gasteiger partial charge in [0.05, 0.1) is 10.6 Å². The number of hydrogen-bond acceptors (Lipinski definition) is 3. The average molecular weight is 423 g/mol. The zero-order valence-corrected chi connectivity index (χ0v) is 18.0. The van der Waals surface area contributed by atoms with Crippen LogP contribution in [0.3, 0.4) is 0 Å². The third kappa shape index (κ3) is 5.38. The summed E-state index contributed by atoms with van der Waals surface area (Å²) in [7, 11) is 0. The van der Waals surface area contributed by atoms with E-state index in [9.17, 15) is 14.0 Å². The maximum absolute atomic E-state index is 14.1. The number of piperidine rings is 1. The minimum atomic E-state index is -0.661. The van der Waals surface area contributed by atoms with Gasteiger partial charge in [0.15, 0.2) is 0 Å². The maximum Gasteiger partial charge on any atom is 0.410 e. The molecule has 0 unspecified atom stereocenters. The van der Waals surface area contributed by atoms with Crippen molar-refractivity contribution in [3.63, 3.8) is 0 Å². The Morgan fingerprint density at radius 3 is 2.41 bits per heavy atom. The van der Waals surface area contributed by atoms with Gasteiger partial charge in [-0.2, -0.15) is 0 Å². The number of benzene rings is 1. The summed E-state index contributed by atoms with van der Waals surface area (Å²) in [5.41, 5.74) is -0.853. The fourth-order valence-electron chi connectivity index (χ4n) is 3.57. The predicted molar refractivity (Wildman–Crippen MR) is 114 cm³/mol. The standard InChI is InChI=1S/C22H28ClFN2O3/c1-6-10-22(11-13-25(14-12-22)20(28)29-21(3,4)5)26(19(27)7-2)16-8-9-17(23)18(24)15-16/h6-9,15H,1-2,10-14H2,3-5H3. The SMILES string of the molecule is C=CCC1(N(C(=O)C=C)c2ccc(Cl)c(F)c2)CCN(C(=O)OC(C)(C)C)CC1. The van der Waals surface area contributed by atoms with E-state index in [1.165, 1.54) is 18.2 Å². The summed E-state index contributed by atoms with van der Waals surface area (Å²) in [4.78, 5) is 28.4. The van der Waals surface area contributed by atoms with Crippen LogP contribution in [0, 0.1) is 5.82 Å². The van der Waals surface area contributed by atoms with Crippen LogP contribution in [0.1, 0.15) is 40.0 Å². The van der Waals surface area contributed by atoms with Crippen LogP contribution in [0.25, 0.3) is 0 Å². The lowest BCUT2D eigenvalue weighted by atomic mass is 9.82. The molecule has 0 bridgehead atoms. The number of halogens is 2. The van der Waals surface area contributed by atoms with Gasteiger partial charge in [0.2, 0.25) is 0 Å². The molecule has 0 saturated carbocycles. The second-order valence-corrected chi connectivity index (χ2v) is 8.57. The van der Waals surface area contributed by atoms with E-state index in [-0.39, 0.29) is 17.0 Å². The largest absolute Gasteiger partial charge is 0.444 e. The van der Waals surface area contributed by atoms with Crippen LogP contribution in [0.5, 0.6) is 0 Å². The van der Waals surface area contributed by atoms with Crippen molar-refractivity contribution < 1.29 is 18.7 Å². The summed E-state index contributed by atoms with van der Waals surface area (Å²) in [5, 5.41) is -0.0164. The minimum absolute atomic E-state index is 0.0164. The van der Waals surface area contributed by atoms with Crippen molar-refractivity contribution in [1.82, 2.24) is 4.90 Å². The van der Waals surface area contributed by atoms with Crippen molar-refractivity contribution in [2.45, 2.75) is 51.2 Å². The Kier molecular flexibility index (Phi) is 7.11. The van der Waals surface area contributed by atoms with Crippen LogP contribution in [0.2, 0.25) is 5.02 Å². The first-order valence-electron chi connectivity index (χ1n) is 9.53. The number of ether oxygens (including phenoxy) is 1. The van der Waals surface area contributed by atoms with Gasteiger partial charge < -0.3 is 14.5 Å². The van der Waals surface area contributed by atoms with Crippen molar-refractivity contribution in [2.75, 3.05) is 18.0 Å². The normalized spacial score (nSPS) is 16.1. The molecule has 1 heterocycles. The molecule has 1 aromatic rings. The van der Waals surface area contributed by atoms with E-state index < -0.39 is 17.0 Å². The maximum atomic E-state index is 14.1. The van der Waals surface area contributed by atoms with Gasteiger partial charge in [-0.3, -0.25) is 4.79 Å². The average Bonchev–Trinajstić information content (AvgIpc) is 2.64. The molecule has 1 aromatic carbocycles. The lowest BCUT2D eigenvalue weighted by Gasteiger charge is -2.48. The molecular formula is C22H28ClFN2O3. The monoisotopic (exact) mass is 422 g/mol. The van der Waals surface area contributed by atoms with Crippen LogP contribution in [0.15, 0.2) is 43.5 Å². The van der Waals surface area contributed by atoms with Crippen molar-refractivity contribution in [3.05, 3.63) is 54.3 Å². The Morgan fingerprint density at radius 1 is 1.31 bits per heavy atom. The van der Waals surface area contributed by atoms with Crippen LogP contribution < -0.4 is 4.90 Å². The van der Waals surface area contributed by atoms with Gasteiger partial charge in [0.1, 0.15) is 11.4 Å². The second-order valence-electron chi connectivity index (χ2n) is 8.16. The molecule has 29 heavy (non-hydrogen) atoms. The first kappa shape index (κ1) is 22.9. The van der Waals surface area contributed by atoms with E-state index in [2.05, 4.69) is 13.2 Å². The fraction of sp³-hybridized carbons (Fsp3) is 0.455. The molecule has 0 spiro atoms. The molecule has 0 radical (unpaired) electrons. The number of hydrogen-bond donors (Lipinski definition) is 0. The molecule has 7 heteroatoms. The van der Waals surface area contributed by atoms with Crippen molar-refractivity contribution in [2.24, 2.45) is 0 Å². The number of nitrogens with zero attached hydrogens (tertiary/aromatic N) is 2. The quantitative estimate of drug-likeness (QED) is 0.475. The number of rotatable bonds is 5. The van der Waals surface area contributed by atoms with Crippen molar-refractivity contribution in [1.29, 1.82) is 0 Å². The molecule has 5 nitrogen and oxygen atoms in total. The van der Waals surface area contributed by atoms with E-state index >= 15 is 0 Å². The third-order valence-electron chi connectivity index (χ3n) is 4.90. The Hall–Kier alpha value is -2.34. The molecule has 2 rings (SSSR count). The highest BCUT2D eigenvalue weighted by Crippen LogP contribution is 2.38. The summed E-state index contributed by atoms with van der Waals surface area (Å²) in [6.45, 7) is 13.7. The Balaban J connectivity index is 2.35. The van der Waals surface area contributed by atoms with Gasteiger partial charge in [-0.15, -0.1) is 6.58 Å². The molecule has 2 amide bonds. The van der Waals surface area contributed by atoms with E-state index in [1.54, 1.807) is 21.9 Å². The molecule has 158 valence electrons. The second kappa shape index (κ2) is 8.99. The fourth-order valence-corrected chi connectivity index (χ4v) is 3.69. The molecule has 0 aliphatic carbocycles. The lowest BCUT2D eigenvalue weighted by molar-refractivity contribution is -0.115. The summed E-state index contributed by atoms with van der Waals surface area (Å²) >= 11 is 5.81. The highest BCUT2D eigenvalue weighted by atomic mass is 35.5. The van der Waals surface area contributed by atoms with Gasteiger partial charge in [0, 0.05) is 18.8 Å². The number of carbonyl (C=O) groups excluding carboxylic acids is 2. The third-order valence-corrected chi connectivity index (χ3v) is 5.21. The van der Waals surface area contributed by atoms with E-state index in [1.807, 2.05) is 20.8 Å². The van der Waals surface area contributed by atoms with Crippen LogP contribution in [0.4, 0.5) is 14.9 Å². The smallest absolute Gasteiger partial charge is 0.410 e. The molecule has 0 N–H and O–H groups in total. The molecule has 1 fully saturated rings. The van der Waals surface area contributed by atoms with Crippen LogP contribution in [-0.4, -0.2) is 41.1 Å². The van der Waals surface area contributed by atoms with Crippen molar-refractivity contribution in [3.8, 4) is 0 Å². The summed E-state index contributed by atoms with van der Waals surface area (Å²) in [6, 6.07) is 4.28. The van der Waals surface area contributed by atoms with E-state index in [0.29, 0.717) is 38.0 Å². The number of carbonyl (C=O) groups is 2. The number of likely N-dealkylation sites (tertiary alicyclic amines) is 1. The summed E-state index contributed by atoms with van der Waals surface area (Å²) in [5.74, 6) is -0.953. The highest BCUT2D eigenvalue weighted by molar-refractivity contribution is 6.30. The number of anilines is 1. The van der Waals surface area contributed by atoms with E-state index in [4.69, 9.17) is 16.3 Å². The lowest BCUT2D eigenvalue weighted by Crippen LogP contribution is -2.58. The van der Waals surface area contributed by atoms with Gasteiger partial charge in [0.25, 0.3) is 5.91 Å². The Labute approximate surface area is 176 Å². The highest BCUT2D eigenvalue weighted by Gasteiger charge is 2.43. The Bertz CT molecular complexity index is 796. The predicted octanol–water partition coefficient (Wildman–Crippen LogP) is 5.34. The molecule has 0 aromatic heterocycles. The zero-order valence-electron chi connectivity index (χ0n) is 17.2. The minimum Gasteiger partial charge on any atom is -0.444 e. The number of amides is 2. The van der Waals surface area contributed by atoms with E-state index in [0.717, 1.165) is 0 Å². The first-order valence-corrected chi connectivity index (χ1v) is 9.91. The summed E-state index contributed by atoms with van der Waals surface area (Å²) < 4.78 is 19.6. The van der Waals surface area contributed by atoms with Gasteiger partial charge in [-0.1, -0.05) is 24.3 Å². The molecule has 0 atom stereocenters. The summed E-state index contributed by atoms with van der Waals surface area (Å²) in [6.07, 6.45) is 4.02.